The van der Waals surface area contributed by atoms with Crippen LogP contribution in [0, 0.1) is 5.41 Å². The molecule has 1 fully saturated rings. The van der Waals surface area contributed by atoms with Gasteiger partial charge in [-0.25, -0.2) is 0 Å². The van der Waals surface area contributed by atoms with Crippen molar-refractivity contribution in [3.8, 4) is 0 Å². The van der Waals surface area contributed by atoms with Gasteiger partial charge in [0.05, 0.1) is 5.41 Å². The first-order valence-electron chi connectivity index (χ1n) is 8.47. The molecule has 0 aromatic heterocycles. The summed E-state index contributed by atoms with van der Waals surface area (Å²) in [7, 11) is 0. The van der Waals surface area contributed by atoms with E-state index in [2.05, 4.69) is 5.32 Å². The van der Waals surface area contributed by atoms with E-state index in [0.717, 1.165) is 25.9 Å². The fraction of sp³-hybridized carbons (Fsp3) is 0.556. The zero-order valence-corrected chi connectivity index (χ0v) is 14.1. The number of anilines is 1. The van der Waals surface area contributed by atoms with Crippen molar-refractivity contribution in [1.82, 2.24) is 4.90 Å². The van der Waals surface area contributed by atoms with Gasteiger partial charge < -0.3 is 16.0 Å². The van der Waals surface area contributed by atoms with E-state index in [1.54, 1.807) is 24.3 Å². The Morgan fingerprint density at radius 2 is 1.70 bits per heavy atom. The second kappa shape index (κ2) is 7.59. The van der Waals surface area contributed by atoms with Gasteiger partial charge in [-0.05, 0) is 49.9 Å². The number of likely N-dealkylation sites (tertiary alicyclic amines) is 1. The van der Waals surface area contributed by atoms with E-state index in [9.17, 15) is 9.59 Å². The monoisotopic (exact) mass is 317 g/mol. The minimum absolute atomic E-state index is 0.0522. The number of carbonyl (C=O) groups is 2. The Morgan fingerprint density at radius 1 is 1.13 bits per heavy atom. The molecular formula is C18H27N3O2. The summed E-state index contributed by atoms with van der Waals surface area (Å²) in [5.74, 6) is 0.0161. The summed E-state index contributed by atoms with van der Waals surface area (Å²) in [6.45, 7) is 5.96. The van der Waals surface area contributed by atoms with Gasteiger partial charge in [0.1, 0.15) is 0 Å². The van der Waals surface area contributed by atoms with Crippen LogP contribution in [0.15, 0.2) is 24.3 Å². The Balaban J connectivity index is 2.05. The fourth-order valence-electron chi connectivity index (χ4n) is 3.02. The van der Waals surface area contributed by atoms with Crippen LogP contribution in [0.5, 0.6) is 0 Å². The lowest BCUT2D eigenvalue weighted by Gasteiger charge is -2.28. The van der Waals surface area contributed by atoms with Gasteiger partial charge in [-0.1, -0.05) is 13.8 Å². The number of carbonyl (C=O) groups excluding carboxylic acids is 2. The van der Waals surface area contributed by atoms with Gasteiger partial charge >= 0.3 is 0 Å². The van der Waals surface area contributed by atoms with Gasteiger partial charge in [0.2, 0.25) is 5.91 Å². The summed E-state index contributed by atoms with van der Waals surface area (Å²) in [6, 6.07) is 7.12. The van der Waals surface area contributed by atoms with E-state index in [1.807, 2.05) is 18.7 Å². The van der Waals surface area contributed by atoms with Crippen LogP contribution >= 0.6 is 0 Å². The predicted molar refractivity (Wildman–Crippen MR) is 92.3 cm³/mol. The largest absolute Gasteiger partial charge is 0.339 e. The molecule has 23 heavy (non-hydrogen) atoms. The lowest BCUT2D eigenvalue weighted by atomic mass is 9.81. The number of rotatable bonds is 6. The van der Waals surface area contributed by atoms with Gasteiger partial charge in [-0.2, -0.15) is 0 Å². The first-order chi connectivity index (χ1) is 11.1. The molecule has 3 N–H and O–H groups in total. The molecule has 0 radical (unpaired) electrons. The van der Waals surface area contributed by atoms with Crippen molar-refractivity contribution in [2.75, 3.05) is 25.0 Å². The maximum Gasteiger partial charge on any atom is 0.253 e. The Morgan fingerprint density at radius 3 is 2.17 bits per heavy atom. The van der Waals surface area contributed by atoms with Crippen LogP contribution in [0.1, 0.15) is 49.9 Å². The number of amides is 2. The predicted octanol–water partition coefficient (Wildman–Crippen LogP) is 2.63. The molecule has 126 valence electrons. The van der Waals surface area contributed by atoms with Gasteiger partial charge in [0, 0.05) is 30.9 Å². The molecule has 1 aromatic rings. The number of hydrogen-bond donors (Lipinski definition) is 2. The first kappa shape index (κ1) is 17.5. The van der Waals surface area contributed by atoms with Crippen molar-refractivity contribution < 1.29 is 9.59 Å². The molecule has 1 aliphatic heterocycles. The molecule has 1 heterocycles. The summed E-state index contributed by atoms with van der Waals surface area (Å²) < 4.78 is 0. The topological polar surface area (TPSA) is 75.4 Å². The van der Waals surface area contributed by atoms with Crippen molar-refractivity contribution in [3.05, 3.63) is 29.8 Å². The standard InChI is InChI=1S/C18H27N3O2/c1-3-18(4-2,13-19)17(23)20-15-9-7-14(8-10-15)16(22)21-11-5-6-12-21/h7-10H,3-6,11-13,19H2,1-2H3,(H,20,23). The summed E-state index contributed by atoms with van der Waals surface area (Å²) in [4.78, 5) is 26.7. The van der Waals surface area contributed by atoms with Gasteiger partial charge in [0.15, 0.2) is 0 Å². The summed E-state index contributed by atoms with van der Waals surface area (Å²) in [5.41, 5.74) is 6.65. The summed E-state index contributed by atoms with van der Waals surface area (Å²) in [5, 5.41) is 2.93. The minimum Gasteiger partial charge on any atom is -0.339 e. The highest BCUT2D eigenvalue weighted by Gasteiger charge is 2.33. The van der Waals surface area contributed by atoms with Crippen LogP contribution < -0.4 is 11.1 Å². The van der Waals surface area contributed by atoms with Gasteiger partial charge in [-0.15, -0.1) is 0 Å². The average molecular weight is 317 g/mol. The van der Waals surface area contributed by atoms with E-state index in [4.69, 9.17) is 5.73 Å². The average Bonchev–Trinajstić information content (AvgIpc) is 3.11. The SMILES string of the molecule is CCC(CC)(CN)C(=O)Nc1ccc(C(=O)N2CCCC2)cc1. The highest BCUT2D eigenvalue weighted by atomic mass is 16.2. The van der Waals surface area contributed by atoms with Crippen molar-refractivity contribution in [2.24, 2.45) is 11.1 Å². The normalized spacial score (nSPS) is 14.8. The molecule has 0 saturated carbocycles. The second-order valence-electron chi connectivity index (χ2n) is 6.22. The van der Waals surface area contributed by atoms with Crippen LogP contribution in [0.25, 0.3) is 0 Å². The second-order valence-corrected chi connectivity index (χ2v) is 6.22. The molecule has 2 amide bonds. The molecular weight excluding hydrogens is 290 g/mol. The Kier molecular flexibility index (Phi) is 5.77. The van der Waals surface area contributed by atoms with Crippen molar-refractivity contribution in [2.45, 2.75) is 39.5 Å². The minimum atomic E-state index is -0.524. The van der Waals surface area contributed by atoms with Crippen LogP contribution in [0.2, 0.25) is 0 Å². The van der Waals surface area contributed by atoms with Crippen molar-refractivity contribution >= 4 is 17.5 Å². The van der Waals surface area contributed by atoms with Gasteiger partial charge in [-0.3, -0.25) is 9.59 Å². The zero-order valence-electron chi connectivity index (χ0n) is 14.1. The molecule has 0 atom stereocenters. The lowest BCUT2D eigenvalue weighted by molar-refractivity contribution is -0.125. The molecule has 5 nitrogen and oxygen atoms in total. The number of hydrogen-bond acceptors (Lipinski definition) is 3. The van der Waals surface area contributed by atoms with Crippen molar-refractivity contribution in [3.63, 3.8) is 0 Å². The highest BCUT2D eigenvalue weighted by molar-refractivity contribution is 5.97. The molecule has 0 spiro atoms. The number of benzene rings is 1. The fourth-order valence-corrected chi connectivity index (χ4v) is 3.02. The van der Waals surface area contributed by atoms with E-state index in [-0.39, 0.29) is 11.8 Å². The van der Waals surface area contributed by atoms with Crippen LogP contribution in [0.3, 0.4) is 0 Å². The maximum absolute atomic E-state index is 12.5. The molecule has 1 aromatic carbocycles. The molecule has 0 bridgehead atoms. The number of nitrogens with two attached hydrogens (primary N) is 1. The maximum atomic E-state index is 12.5. The number of nitrogens with one attached hydrogen (secondary N) is 1. The van der Waals surface area contributed by atoms with E-state index in [1.165, 1.54) is 0 Å². The summed E-state index contributed by atoms with van der Waals surface area (Å²) in [6.07, 6.45) is 3.57. The first-order valence-corrected chi connectivity index (χ1v) is 8.47. The Hall–Kier alpha value is -1.88. The quantitative estimate of drug-likeness (QED) is 0.847. The third kappa shape index (κ3) is 3.72. The summed E-state index contributed by atoms with van der Waals surface area (Å²) >= 11 is 0. The van der Waals surface area contributed by atoms with Crippen LogP contribution in [-0.2, 0) is 4.79 Å². The van der Waals surface area contributed by atoms with Gasteiger partial charge in [0.25, 0.3) is 5.91 Å². The molecule has 1 saturated heterocycles. The smallest absolute Gasteiger partial charge is 0.253 e. The zero-order chi connectivity index (χ0) is 16.9. The number of nitrogens with zero attached hydrogens (tertiary/aromatic N) is 1. The molecule has 0 unspecified atom stereocenters. The third-order valence-corrected chi connectivity index (χ3v) is 5.01. The lowest BCUT2D eigenvalue weighted by Crippen LogP contribution is -2.41. The molecule has 1 aliphatic rings. The van der Waals surface area contributed by atoms with Crippen molar-refractivity contribution in [1.29, 1.82) is 0 Å². The third-order valence-electron chi connectivity index (χ3n) is 5.01. The van der Waals surface area contributed by atoms with E-state index in [0.29, 0.717) is 30.6 Å². The Bertz CT molecular complexity index is 536. The van der Waals surface area contributed by atoms with Crippen LogP contribution in [-0.4, -0.2) is 36.3 Å². The Labute approximate surface area is 138 Å². The molecule has 5 heteroatoms. The van der Waals surface area contributed by atoms with E-state index < -0.39 is 5.41 Å². The molecule has 2 rings (SSSR count). The van der Waals surface area contributed by atoms with E-state index >= 15 is 0 Å². The highest BCUT2D eigenvalue weighted by Crippen LogP contribution is 2.27. The van der Waals surface area contributed by atoms with Crippen LogP contribution in [0.4, 0.5) is 5.69 Å². The molecule has 0 aliphatic carbocycles.